The summed E-state index contributed by atoms with van der Waals surface area (Å²) in [7, 11) is -2.88. The van der Waals surface area contributed by atoms with Crippen LogP contribution in [0.25, 0.3) is 11.0 Å². The van der Waals surface area contributed by atoms with Gasteiger partial charge in [-0.2, -0.15) is 0 Å². The van der Waals surface area contributed by atoms with E-state index in [9.17, 15) is 36.0 Å². The predicted molar refractivity (Wildman–Crippen MR) is 184 cm³/mol. The Morgan fingerprint density at radius 1 is 1.17 bits per heavy atom. The first kappa shape index (κ1) is 37.8. The Morgan fingerprint density at radius 2 is 1.94 bits per heavy atom. The van der Waals surface area contributed by atoms with Crippen LogP contribution in [-0.2, 0) is 24.4 Å². The van der Waals surface area contributed by atoms with Crippen molar-refractivity contribution in [3.63, 3.8) is 0 Å². The van der Waals surface area contributed by atoms with Gasteiger partial charge >= 0.3 is 0 Å². The van der Waals surface area contributed by atoms with Crippen molar-refractivity contribution in [1.29, 1.82) is 0 Å². The predicted octanol–water partition coefficient (Wildman–Crippen LogP) is 3.05. The molecule has 1 unspecified atom stereocenters. The number of hydrogen-bond donors (Lipinski definition) is 3. The number of rotatable bonds is 10. The zero-order chi connectivity index (χ0) is 37.4. The van der Waals surface area contributed by atoms with E-state index < -0.39 is 81.8 Å². The number of sulfonamides is 1. The molecule has 2 aliphatic carbocycles. The molecular weight excluding hydrogens is 705 g/mol. The van der Waals surface area contributed by atoms with Crippen molar-refractivity contribution in [3.05, 3.63) is 36.5 Å². The Morgan fingerprint density at radius 3 is 2.63 bits per heavy atom. The molecule has 0 bridgehead atoms. The minimum absolute atomic E-state index is 0.0524. The van der Waals surface area contributed by atoms with Crippen molar-refractivity contribution in [2.45, 2.75) is 93.7 Å². The van der Waals surface area contributed by atoms with Crippen molar-refractivity contribution in [3.8, 4) is 11.6 Å². The smallest absolute Gasteiger partial charge is 0.259 e. The van der Waals surface area contributed by atoms with Gasteiger partial charge in [-0.15, -0.1) is 0 Å². The first-order valence-electron chi connectivity index (χ1n) is 17.6. The molecule has 52 heavy (non-hydrogen) atoms. The first-order chi connectivity index (χ1) is 24.7. The summed E-state index contributed by atoms with van der Waals surface area (Å²) in [5.74, 6) is -2.50. The molecule has 6 rings (SSSR count). The summed E-state index contributed by atoms with van der Waals surface area (Å²) in [6.45, 7) is 1.81. The lowest BCUT2D eigenvalue weighted by atomic mass is 9.88. The lowest BCUT2D eigenvalue weighted by molar-refractivity contribution is -0.142. The van der Waals surface area contributed by atoms with Gasteiger partial charge in [-0.1, -0.05) is 26.0 Å². The number of fused-ring (bicyclic) bond motifs is 3. The van der Waals surface area contributed by atoms with Crippen LogP contribution in [0.15, 0.2) is 36.5 Å². The topological polar surface area (TPSA) is 169 Å². The quantitative estimate of drug-likeness (QED) is 0.307. The molecule has 13 nitrogen and oxygen atoms in total. The normalized spacial score (nSPS) is 31.1. The summed E-state index contributed by atoms with van der Waals surface area (Å²) in [5, 5.41) is 5.48. The minimum atomic E-state index is -4.39. The molecule has 1 aromatic heterocycles. The molecule has 2 saturated carbocycles. The molecule has 0 radical (unpaired) electrons. The maximum Gasteiger partial charge on any atom is 0.259 e. The number of hydrogen-bond acceptors (Lipinski definition) is 10. The summed E-state index contributed by atoms with van der Waals surface area (Å²) in [6, 6.07) is 2.86. The lowest BCUT2D eigenvalue weighted by Gasteiger charge is -2.33. The molecule has 17 heteroatoms. The summed E-state index contributed by atoms with van der Waals surface area (Å²) in [5.41, 5.74) is -0.611. The fourth-order valence-electron chi connectivity index (χ4n) is 7.38. The van der Waals surface area contributed by atoms with Crippen LogP contribution in [0.1, 0.15) is 58.8 Å². The van der Waals surface area contributed by atoms with Crippen LogP contribution in [0.3, 0.4) is 0 Å². The zero-order valence-corrected chi connectivity index (χ0v) is 30.1. The molecule has 1 aromatic carbocycles. The third-order valence-corrected chi connectivity index (χ3v) is 12.9. The van der Waals surface area contributed by atoms with Crippen molar-refractivity contribution < 1.29 is 45.4 Å². The Hall–Kier alpha value is -3.99. The van der Waals surface area contributed by atoms with Gasteiger partial charge in [0.15, 0.2) is 0 Å². The summed E-state index contributed by atoms with van der Waals surface area (Å²) in [4.78, 5) is 52.5. The van der Waals surface area contributed by atoms with E-state index in [4.69, 9.17) is 9.47 Å². The SMILES string of the molecule is COc1ccc2ncc(O[C@@H]3CC4C(=O)N[C@]5(C(=O)NS(=O)(=O)C6(CF)CC6)C[C@H]5/C=C\CC[C@@H](C)C[C@@H](C)[C@H](NCC(F)F)C(=O)N4C3)nc2c1. The molecule has 3 fully saturated rings. The van der Waals surface area contributed by atoms with Gasteiger partial charge < -0.3 is 25.0 Å². The molecule has 2 aliphatic heterocycles. The average Bonchev–Trinajstić information content (AvgIpc) is 4.01. The highest BCUT2D eigenvalue weighted by Gasteiger charge is 2.64. The van der Waals surface area contributed by atoms with Crippen molar-refractivity contribution in [1.82, 2.24) is 30.2 Å². The number of allylic oxidation sites excluding steroid dienone is 1. The first-order valence-corrected chi connectivity index (χ1v) is 19.1. The maximum atomic E-state index is 14.4. The summed E-state index contributed by atoms with van der Waals surface area (Å²) >= 11 is 0. The molecular formula is C35H45F3N6O7S. The van der Waals surface area contributed by atoms with E-state index in [0.717, 1.165) is 0 Å². The van der Waals surface area contributed by atoms with E-state index in [0.29, 0.717) is 36.0 Å². The van der Waals surface area contributed by atoms with Gasteiger partial charge in [-0.05, 0) is 62.5 Å². The summed E-state index contributed by atoms with van der Waals surface area (Å²) in [6.07, 6.45) is 3.53. The summed E-state index contributed by atoms with van der Waals surface area (Å²) < 4.78 is 78.7. The maximum absolute atomic E-state index is 14.4. The molecule has 3 heterocycles. The number of nitrogens with one attached hydrogen (secondary N) is 3. The average molecular weight is 751 g/mol. The molecule has 0 spiro atoms. The highest BCUT2D eigenvalue weighted by atomic mass is 32.2. The van der Waals surface area contributed by atoms with Crippen LogP contribution < -0.4 is 24.8 Å². The number of aromatic nitrogens is 2. The van der Waals surface area contributed by atoms with Gasteiger partial charge in [0.2, 0.25) is 27.7 Å². The van der Waals surface area contributed by atoms with Crippen molar-refractivity contribution >= 4 is 38.8 Å². The van der Waals surface area contributed by atoms with Gasteiger partial charge in [0.05, 0.1) is 43.5 Å². The van der Waals surface area contributed by atoms with Gasteiger partial charge in [0.1, 0.15) is 34.9 Å². The second kappa shape index (κ2) is 14.8. The Labute approximate surface area is 300 Å². The number of amides is 3. The van der Waals surface area contributed by atoms with Crippen LogP contribution in [0.5, 0.6) is 11.6 Å². The second-order valence-corrected chi connectivity index (χ2v) is 16.7. The number of nitrogens with zero attached hydrogens (tertiary/aromatic N) is 3. The Balaban J connectivity index is 1.31. The fraction of sp³-hybridized carbons (Fsp3) is 0.629. The minimum Gasteiger partial charge on any atom is -0.497 e. The highest BCUT2D eigenvalue weighted by molar-refractivity contribution is 7.91. The number of alkyl halides is 3. The van der Waals surface area contributed by atoms with E-state index in [2.05, 4.69) is 20.6 Å². The lowest BCUT2D eigenvalue weighted by Crippen LogP contribution is -2.59. The van der Waals surface area contributed by atoms with Crippen molar-refractivity contribution in [2.75, 3.05) is 26.9 Å². The van der Waals surface area contributed by atoms with E-state index in [1.165, 1.54) is 18.2 Å². The van der Waals surface area contributed by atoms with E-state index in [-0.39, 0.29) is 49.9 Å². The number of benzene rings is 1. The fourth-order valence-corrected chi connectivity index (χ4v) is 8.81. The number of ether oxygens (including phenoxy) is 2. The zero-order valence-electron chi connectivity index (χ0n) is 29.3. The van der Waals surface area contributed by atoms with Crippen LogP contribution >= 0.6 is 0 Å². The standard InChI is InChI=1S/C35H45F3N6O7S/c1-20-6-4-5-7-22-15-35(22,33(47)43-52(48,49)34(19-36)10-11-34)42-31(45)27-14-24(18-44(27)32(46)30(21(2)12-20)40-16-28(37)38)51-29-17-39-25-9-8-23(50-3)13-26(25)41-29/h5,7-9,13,17,20-22,24,27-28,30,40H,4,6,10-12,14-16,18-19H2,1-3H3,(H,42,45)(H,43,47)/b7-5-/t20-,21-,22-,24-,27?,30+,35-/m1/s1. The molecule has 284 valence electrons. The number of halogens is 3. The van der Waals surface area contributed by atoms with E-state index in [1.807, 2.05) is 24.6 Å². The molecule has 3 N–H and O–H groups in total. The molecule has 1 saturated heterocycles. The van der Waals surface area contributed by atoms with Crippen LogP contribution in [0.2, 0.25) is 0 Å². The molecule has 7 atom stereocenters. The second-order valence-electron chi connectivity index (χ2n) is 14.7. The van der Waals surface area contributed by atoms with E-state index >= 15 is 0 Å². The van der Waals surface area contributed by atoms with Gasteiger partial charge in [0.25, 0.3) is 12.3 Å². The number of methoxy groups -OCH3 is 1. The molecule has 4 aliphatic rings. The Kier molecular flexibility index (Phi) is 10.7. The van der Waals surface area contributed by atoms with Crippen LogP contribution in [0, 0.1) is 17.8 Å². The molecule has 2 aromatic rings. The van der Waals surface area contributed by atoms with Gasteiger partial charge in [-0.25, -0.2) is 31.6 Å². The van der Waals surface area contributed by atoms with Gasteiger partial charge in [-0.3, -0.25) is 19.1 Å². The molecule has 3 amide bonds. The highest BCUT2D eigenvalue weighted by Crippen LogP contribution is 2.48. The van der Waals surface area contributed by atoms with E-state index in [1.54, 1.807) is 24.3 Å². The Bertz CT molecular complexity index is 1830. The largest absolute Gasteiger partial charge is 0.497 e. The monoisotopic (exact) mass is 750 g/mol. The number of carbonyl (C=O) groups is 3. The van der Waals surface area contributed by atoms with Crippen LogP contribution in [0.4, 0.5) is 13.2 Å². The van der Waals surface area contributed by atoms with Crippen molar-refractivity contribution in [2.24, 2.45) is 17.8 Å². The third-order valence-electron chi connectivity index (χ3n) is 10.8. The third kappa shape index (κ3) is 7.70. The van der Waals surface area contributed by atoms with Gasteiger partial charge in [0, 0.05) is 18.4 Å². The number of carbonyl (C=O) groups excluding carboxylic acids is 3. The van der Waals surface area contributed by atoms with Crippen LogP contribution in [-0.4, -0.2) is 103 Å².